The SMILES string of the molecule is Cc1ccc(S(=O)(=O)Nc2ccccc2C(=O)Nc2nc3c(C)cc(Cl)cc3s2)cc1. The number of hydrogen-bond donors (Lipinski definition) is 2. The lowest BCUT2D eigenvalue weighted by atomic mass is 10.2. The van der Waals surface area contributed by atoms with Crippen LogP contribution in [0.3, 0.4) is 0 Å². The second kappa shape index (κ2) is 8.30. The van der Waals surface area contributed by atoms with E-state index < -0.39 is 15.9 Å². The van der Waals surface area contributed by atoms with Crippen LogP contribution in [0.15, 0.2) is 65.6 Å². The molecule has 3 aromatic carbocycles. The summed E-state index contributed by atoms with van der Waals surface area (Å²) in [6, 6.07) is 16.5. The summed E-state index contributed by atoms with van der Waals surface area (Å²) in [6.45, 7) is 3.77. The fourth-order valence-electron chi connectivity index (χ4n) is 3.06. The van der Waals surface area contributed by atoms with Gasteiger partial charge in [0.2, 0.25) is 0 Å². The van der Waals surface area contributed by atoms with E-state index in [9.17, 15) is 13.2 Å². The zero-order chi connectivity index (χ0) is 22.2. The van der Waals surface area contributed by atoms with Crippen molar-refractivity contribution < 1.29 is 13.2 Å². The van der Waals surface area contributed by atoms with Gasteiger partial charge in [0.05, 0.1) is 26.4 Å². The summed E-state index contributed by atoms with van der Waals surface area (Å²) < 4.78 is 28.9. The van der Waals surface area contributed by atoms with Crippen molar-refractivity contribution in [1.29, 1.82) is 0 Å². The minimum atomic E-state index is -3.85. The number of rotatable bonds is 5. The van der Waals surface area contributed by atoms with Crippen LogP contribution in [0.4, 0.5) is 10.8 Å². The van der Waals surface area contributed by atoms with E-state index in [4.69, 9.17) is 11.6 Å². The second-order valence-corrected chi connectivity index (χ2v) is 10.2. The van der Waals surface area contributed by atoms with Crippen LogP contribution in [0.2, 0.25) is 5.02 Å². The van der Waals surface area contributed by atoms with Gasteiger partial charge in [0.1, 0.15) is 0 Å². The minimum Gasteiger partial charge on any atom is -0.298 e. The summed E-state index contributed by atoms with van der Waals surface area (Å²) in [7, 11) is -3.85. The number of amides is 1. The van der Waals surface area contributed by atoms with Crippen LogP contribution >= 0.6 is 22.9 Å². The van der Waals surface area contributed by atoms with Crippen molar-refractivity contribution in [2.24, 2.45) is 0 Å². The Hall–Kier alpha value is -2.94. The summed E-state index contributed by atoms with van der Waals surface area (Å²) in [5, 5.41) is 3.76. The van der Waals surface area contributed by atoms with Crippen molar-refractivity contribution in [1.82, 2.24) is 4.98 Å². The molecule has 0 atom stereocenters. The number of aromatic nitrogens is 1. The molecular weight excluding hydrogens is 454 g/mol. The van der Waals surface area contributed by atoms with Crippen LogP contribution in [0.25, 0.3) is 10.2 Å². The van der Waals surface area contributed by atoms with E-state index >= 15 is 0 Å². The topological polar surface area (TPSA) is 88.2 Å². The first kappa shape index (κ1) is 21.3. The molecule has 9 heteroatoms. The predicted molar refractivity (Wildman–Crippen MR) is 126 cm³/mol. The quantitative estimate of drug-likeness (QED) is 0.395. The van der Waals surface area contributed by atoms with Crippen LogP contribution in [-0.4, -0.2) is 19.3 Å². The number of carbonyl (C=O) groups is 1. The molecular formula is C22H18ClN3O3S2. The average molecular weight is 472 g/mol. The van der Waals surface area contributed by atoms with Gasteiger partial charge in [-0.2, -0.15) is 0 Å². The maximum atomic E-state index is 12.9. The Bertz CT molecular complexity index is 1400. The molecule has 0 radical (unpaired) electrons. The number of halogens is 1. The van der Waals surface area contributed by atoms with Gasteiger partial charge < -0.3 is 0 Å². The van der Waals surface area contributed by atoms with Gasteiger partial charge in [0, 0.05) is 5.02 Å². The molecule has 0 bridgehead atoms. The molecule has 0 aliphatic heterocycles. The zero-order valence-corrected chi connectivity index (χ0v) is 19.0. The maximum Gasteiger partial charge on any atom is 0.261 e. The molecule has 1 aromatic heterocycles. The number of fused-ring (bicyclic) bond motifs is 1. The molecule has 0 spiro atoms. The maximum absolute atomic E-state index is 12.9. The van der Waals surface area contributed by atoms with Crippen LogP contribution in [0.5, 0.6) is 0 Å². The van der Waals surface area contributed by atoms with Gasteiger partial charge in [-0.1, -0.05) is 52.8 Å². The second-order valence-electron chi connectivity index (χ2n) is 7.01. The predicted octanol–water partition coefficient (Wildman–Crippen LogP) is 5.62. The third-order valence-corrected chi connectivity index (χ3v) is 7.14. The number of nitrogens with zero attached hydrogens (tertiary/aromatic N) is 1. The summed E-state index contributed by atoms with van der Waals surface area (Å²) in [4.78, 5) is 17.5. The molecule has 0 unspecified atom stereocenters. The number of thiazole rings is 1. The van der Waals surface area contributed by atoms with E-state index in [1.54, 1.807) is 42.5 Å². The molecule has 6 nitrogen and oxygen atoms in total. The van der Waals surface area contributed by atoms with Gasteiger partial charge in [0.15, 0.2) is 5.13 Å². The first-order chi connectivity index (χ1) is 14.7. The molecule has 158 valence electrons. The third-order valence-electron chi connectivity index (χ3n) is 4.62. The van der Waals surface area contributed by atoms with Crippen molar-refractivity contribution in [2.45, 2.75) is 18.7 Å². The minimum absolute atomic E-state index is 0.117. The number of para-hydroxylation sites is 1. The van der Waals surface area contributed by atoms with Crippen LogP contribution in [-0.2, 0) is 10.0 Å². The molecule has 4 rings (SSSR count). The normalized spacial score (nSPS) is 11.5. The smallest absolute Gasteiger partial charge is 0.261 e. The van der Waals surface area contributed by atoms with Crippen molar-refractivity contribution in [2.75, 3.05) is 10.0 Å². The van der Waals surface area contributed by atoms with Crippen molar-refractivity contribution in [3.8, 4) is 0 Å². The Kier molecular flexibility index (Phi) is 5.70. The Morgan fingerprint density at radius 1 is 1.03 bits per heavy atom. The molecule has 4 aromatic rings. The zero-order valence-electron chi connectivity index (χ0n) is 16.6. The summed E-state index contributed by atoms with van der Waals surface area (Å²) in [5.41, 5.74) is 2.99. The lowest BCUT2D eigenvalue weighted by Crippen LogP contribution is -2.18. The van der Waals surface area contributed by atoms with Crippen molar-refractivity contribution in [3.05, 3.63) is 82.4 Å². The molecule has 31 heavy (non-hydrogen) atoms. The van der Waals surface area contributed by atoms with Gasteiger partial charge in [-0.3, -0.25) is 14.8 Å². The fraction of sp³-hybridized carbons (Fsp3) is 0.0909. The molecule has 0 aliphatic rings. The number of nitrogens with one attached hydrogen (secondary N) is 2. The summed E-state index contributed by atoms with van der Waals surface area (Å²) in [5.74, 6) is -0.468. The first-order valence-corrected chi connectivity index (χ1v) is 12.0. The van der Waals surface area contributed by atoms with Gasteiger partial charge in [0.25, 0.3) is 15.9 Å². The fourth-order valence-corrected chi connectivity index (χ4v) is 5.46. The molecule has 0 fully saturated rings. The Morgan fingerprint density at radius 3 is 2.48 bits per heavy atom. The largest absolute Gasteiger partial charge is 0.298 e. The lowest BCUT2D eigenvalue weighted by molar-refractivity contribution is 0.102. The standard InChI is InChI=1S/C22H18ClN3O3S2/c1-13-7-9-16(10-8-13)31(28,29)26-18-6-4-3-5-17(18)21(27)25-22-24-20-14(2)11-15(23)12-19(20)30-22/h3-12,26H,1-2H3,(H,24,25,27). The highest BCUT2D eigenvalue weighted by molar-refractivity contribution is 7.92. The monoisotopic (exact) mass is 471 g/mol. The van der Waals surface area contributed by atoms with E-state index in [0.29, 0.717) is 10.2 Å². The van der Waals surface area contributed by atoms with E-state index in [0.717, 1.165) is 21.3 Å². The number of benzene rings is 3. The van der Waals surface area contributed by atoms with Crippen molar-refractivity contribution in [3.63, 3.8) is 0 Å². The van der Waals surface area contributed by atoms with Gasteiger partial charge >= 0.3 is 0 Å². The summed E-state index contributed by atoms with van der Waals surface area (Å²) >= 11 is 7.40. The van der Waals surface area contributed by atoms with Gasteiger partial charge in [-0.05, 0) is 55.8 Å². The van der Waals surface area contributed by atoms with E-state index in [1.807, 2.05) is 19.9 Å². The molecule has 1 heterocycles. The average Bonchev–Trinajstić information content (AvgIpc) is 3.11. The van der Waals surface area contributed by atoms with Gasteiger partial charge in [-0.15, -0.1) is 0 Å². The number of hydrogen-bond acceptors (Lipinski definition) is 5. The third kappa shape index (κ3) is 4.56. The highest BCUT2D eigenvalue weighted by atomic mass is 35.5. The highest BCUT2D eigenvalue weighted by Crippen LogP contribution is 2.31. The number of carbonyl (C=O) groups excluding carboxylic acids is 1. The van der Waals surface area contributed by atoms with E-state index in [1.165, 1.54) is 23.5 Å². The van der Waals surface area contributed by atoms with Crippen LogP contribution < -0.4 is 10.0 Å². The van der Waals surface area contributed by atoms with Crippen LogP contribution in [0.1, 0.15) is 21.5 Å². The number of anilines is 2. The Labute approximate surface area is 189 Å². The molecule has 2 N–H and O–H groups in total. The van der Waals surface area contributed by atoms with Gasteiger partial charge in [-0.25, -0.2) is 13.4 Å². The number of aryl methyl sites for hydroxylation is 2. The van der Waals surface area contributed by atoms with Crippen LogP contribution in [0, 0.1) is 13.8 Å². The lowest BCUT2D eigenvalue weighted by Gasteiger charge is -2.12. The summed E-state index contributed by atoms with van der Waals surface area (Å²) in [6.07, 6.45) is 0. The molecule has 0 aliphatic carbocycles. The molecule has 1 amide bonds. The molecule has 0 saturated carbocycles. The van der Waals surface area contributed by atoms with Crippen molar-refractivity contribution >= 4 is 59.9 Å². The van der Waals surface area contributed by atoms with E-state index in [2.05, 4.69) is 15.0 Å². The molecule has 0 saturated heterocycles. The van der Waals surface area contributed by atoms with E-state index in [-0.39, 0.29) is 16.1 Å². The number of sulfonamides is 1. The Morgan fingerprint density at radius 2 is 1.74 bits per heavy atom. The Balaban J connectivity index is 1.61. The highest BCUT2D eigenvalue weighted by Gasteiger charge is 2.19. The first-order valence-electron chi connectivity index (χ1n) is 9.29.